The van der Waals surface area contributed by atoms with Crippen molar-refractivity contribution < 1.29 is 42.9 Å². The Kier molecular flexibility index (Phi) is 64.0. The van der Waals surface area contributed by atoms with Gasteiger partial charge in [-0.3, -0.25) is 9.59 Å². The Morgan fingerprint density at radius 3 is 0.910 bits per heavy atom. The average molecular weight is 1230 g/mol. The molecule has 0 radical (unpaired) electrons. The first-order chi connectivity index (χ1) is 43.6. The van der Waals surface area contributed by atoms with E-state index in [2.05, 4.69) is 196 Å². The van der Waals surface area contributed by atoms with Crippen LogP contribution in [0.4, 0.5) is 0 Å². The van der Waals surface area contributed by atoms with Crippen molar-refractivity contribution in [2.24, 2.45) is 0 Å². The highest BCUT2D eigenvalue weighted by molar-refractivity contribution is 5.70. The summed E-state index contributed by atoms with van der Waals surface area (Å²) in [7, 11) is 5.90. The van der Waals surface area contributed by atoms with Crippen LogP contribution in [0, 0.1) is 0 Å². The highest BCUT2D eigenvalue weighted by Gasteiger charge is 2.22. The fourth-order valence-corrected chi connectivity index (χ4v) is 8.88. The number of carboxylic acid groups (broad SMARTS) is 1. The van der Waals surface area contributed by atoms with Gasteiger partial charge in [-0.2, -0.15) is 0 Å². The lowest BCUT2D eigenvalue weighted by atomic mass is 10.0. The summed E-state index contributed by atoms with van der Waals surface area (Å²) < 4.78 is 22.7. The molecule has 9 heteroatoms. The number of hydrogen-bond donors (Lipinski definition) is 0. The number of carboxylic acids is 1. The minimum atomic E-state index is -1.64. The minimum Gasteiger partial charge on any atom is -0.545 e. The molecular formula is C80H127NO8. The highest BCUT2D eigenvalue weighted by atomic mass is 16.7. The van der Waals surface area contributed by atoms with Crippen LogP contribution in [-0.2, 0) is 33.3 Å². The monoisotopic (exact) mass is 1230 g/mol. The quantitative estimate of drug-likeness (QED) is 0.0195. The van der Waals surface area contributed by atoms with Gasteiger partial charge in [0, 0.05) is 12.8 Å². The van der Waals surface area contributed by atoms with Crippen LogP contribution in [0.15, 0.2) is 182 Å². The summed E-state index contributed by atoms with van der Waals surface area (Å²) in [6, 6.07) is 0. The number of hydrogen-bond acceptors (Lipinski definition) is 8. The number of allylic oxidation sites excluding steroid dienone is 30. The Morgan fingerprint density at radius 2 is 0.607 bits per heavy atom. The average Bonchev–Trinajstić information content (AvgIpc) is 3.64. The number of aliphatic carboxylic acids is 1. The van der Waals surface area contributed by atoms with E-state index in [1.165, 1.54) is 70.6 Å². The molecule has 0 fully saturated rings. The molecule has 0 aliphatic rings. The number of ether oxygens (including phenoxy) is 4. The fraction of sp³-hybridized carbons (Fsp3) is 0.588. The van der Waals surface area contributed by atoms with E-state index in [0.717, 1.165) is 141 Å². The summed E-state index contributed by atoms with van der Waals surface area (Å²) in [4.78, 5) is 37.5. The summed E-state index contributed by atoms with van der Waals surface area (Å²) in [6.07, 6.45) is 101. The number of nitrogens with zero attached hydrogens (tertiary/aromatic N) is 1. The molecule has 9 nitrogen and oxygen atoms in total. The second-order valence-electron chi connectivity index (χ2n) is 23.7. The van der Waals surface area contributed by atoms with Gasteiger partial charge in [-0.15, -0.1) is 0 Å². The second-order valence-corrected chi connectivity index (χ2v) is 23.7. The number of carbonyl (C=O) groups excluding carboxylic acids is 3. The van der Waals surface area contributed by atoms with Crippen LogP contribution in [0.1, 0.15) is 245 Å². The highest BCUT2D eigenvalue weighted by Crippen LogP contribution is 2.15. The first kappa shape index (κ1) is 83.4. The molecule has 0 aromatic heterocycles. The van der Waals surface area contributed by atoms with Crippen LogP contribution >= 0.6 is 0 Å². The second kappa shape index (κ2) is 68.3. The van der Waals surface area contributed by atoms with Crippen molar-refractivity contribution in [3.63, 3.8) is 0 Å². The summed E-state index contributed by atoms with van der Waals surface area (Å²) in [5.74, 6) is -2.35. The first-order valence-electron chi connectivity index (χ1n) is 34.9. The zero-order valence-electron chi connectivity index (χ0n) is 57.0. The number of unbranched alkanes of at least 4 members (excludes halogenated alkanes) is 17. The summed E-state index contributed by atoms with van der Waals surface area (Å²) in [5.41, 5.74) is 0. The molecule has 2 atom stereocenters. The van der Waals surface area contributed by atoms with Crippen molar-refractivity contribution in [3.05, 3.63) is 182 Å². The lowest BCUT2D eigenvalue weighted by Crippen LogP contribution is -2.44. The fourth-order valence-electron chi connectivity index (χ4n) is 8.88. The molecule has 89 heavy (non-hydrogen) atoms. The largest absolute Gasteiger partial charge is 0.545 e. The third-order valence-electron chi connectivity index (χ3n) is 14.1. The summed E-state index contributed by atoms with van der Waals surface area (Å²) >= 11 is 0. The third-order valence-corrected chi connectivity index (χ3v) is 14.1. The number of quaternary nitrogens is 1. The van der Waals surface area contributed by atoms with Gasteiger partial charge < -0.3 is 33.3 Å². The number of rotatable bonds is 62. The molecule has 0 N–H and O–H groups in total. The van der Waals surface area contributed by atoms with Gasteiger partial charge in [-0.05, 0) is 135 Å². The molecular weight excluding hydrogens is 1100 g/mol. The molecule has 2 unspecified atom stereocenters. The van der Waals surface area contributed by atoms with E-state index in [0.29, 0.717) is 17.4 Å². The first-order valence-corrected chi connectivity index (χ1v) is 34.9. The molecule has 0 aliphatic heterocycles. The van der Waals surface area contributed by atoms with Crippen LogP contribution in [0.5, 0.6) is 0 Å². The van der Waals surface area contributed by atoms with Crippen molar-refractivity contribution in [1.82, 2.24) is 0 Å². The Labute approximate surface area is 545 Å². The van der Waals surface area contributed by atoms with E-state index in [-0.39, 0.29) is 38.6 Å². The van der Waals surface area contributed by atoms with Crippen molar-refractivity contribution in [3.8, 4) is 0 Å². The molecule has 0 rings (SSSR count). The summed E-state index contributed by atoms with van der Waals surface area (Å²) in [6.45, 7) is 4.46. The predicted molar refractivity (Wildman–Crippen MR) is 379 cm³/mol. The van der Waals surface area contributed by atoms with Crippen LogP contribution in [0.3, 0.4) is 0 Å². The van der Waals surface area contributed by atoms with Crippen molar-refractivity contribution in [2.75, 3.05) is 47.5 Å². The molecule has 0 amide bonds. The van der Waals surface area contributed by atoms with Gasteiger partial charge in [-0.25, -0.2) is 0 Å². The number of likely N-dealkylation sites (N-methyl/N-ethyl adjacent to an activating group) is 1. The van der Waals surface area contributed by atoms with Gasteiger partial charge in [0.2, 0.25) is 0 Å². The van der Waals surface area contributed by atoms with E-state index >= 15 is 0 Å². The maximum Gasteiger partial charge on any atom is 0.306 e. The molecule has 0 saturated heterocycles. The van der Waals surface area contributed by atoms with E-state index in [4.69, 9.17) is 18.9 Å². The lowest BCUT2D eigenvalue weighted by molar-refractivity contribution is -0.870. The summed E-state index contributed by atoms with van der Waals surface area (Å²) in [5, 5.41) is 11.8. The van der Waals surface area contributed by atoms with E-state index in [9.17, 15) is 19.5 Å². The van der Waals surface area contributed by atoms with Gasteiger partial charge in [-0.1, -0.05) is 280 Å². The molecule has 0 aromatic carbocycles. The zero-order chi connectivity index (χ0) is 64.7. The molecule has 500 valence electrons. The van der Waals surface area contributed by atoms with Gasteiger partial charge in [0.1, 0.15) is 13.2 Å². The standard InChI is InChI=1S/C80H127NO8/c1-6-8-10-12-14-16-18-20-22-24-26-28-30-32-34-36-38-39-41-42-44-46-48-50-52-54-56-58-60-62-64-66-68-70-77(82)87-74-76(75-88-80(79(84)85)86-73-72-81(3,4)5)89-78(83)71-69-67-65-63-61-59-57-55-53-51-49-47-45-43-40-37-35-33-31-29-27-25-23-21-19-17-15-13-11-9-7-2/h8-11,14-17,20-23,26-29,32-35,38-40,43,47,49,53,55,59,61,76,80H,6-7,12-13,18-19,24-25,30-31,36-37,41-42,44-46,48,50-52,54,56-58,60,62-75H2,1-5H3/b10-8-,11-9-,16-14-,17-15-,22-20-,23-21-,28-26-,29-27-,34-32-,35-33-,39-38-,43-40-,49-47-,55-53-,61-59-. The van der Waals surface area contributed by atoms with Crippen molar-refractivity contribution in [2.45, 2.75) is 257 Å². The van der Waals surface area contributed by atoms with Gasteiger partial charge in [0.05, 0.1) is 40.3 Å². The molecule has 0 aromatic rings. The number of carbonyl (C=O) groups is 3. The van der Waals surface area contributed by atoms with Crippen LogP contribution < -0.4 is 5.11 Å². The Hall–Kier alpha value is -5.61. The van der Waals surface area contributed by atoms with Crippen LogP contribution in [0.25, 0.3) is 0 Å². The van der Waals surface area contributed by atoms with Crippen LogP contribution in [-0.4, -0.2) is 82.3 Å². The van der Waals surface area contributed by atoms with Gasteiger partial charge in [0.25, 0.3) is 0 Å². The normalized spacial score (nSPS) is 13.9. The molecule has 0 bridgehead atoms. The number of esters is 2. The van der Waals surface area contributed by atoms with Gasteiger partial charge in [0.15, 0.2) is 12.4 Å². The predicted octanol–water partition coefficient (Wildman–Crippen LogP) is 20.7. The maximum absolute atomic E-state index is 12.9. The maximum atomic E-state index is 12.9. The minimum absolute atomic E-state index is 0.131. The van der Waals surface area contributed by atoms with E-state index in [1.54, 1.807) is 0 Å². The SMILES string of the molecule is CC/C=C\C/C=C\C/C=C\C/C=C\C/C=C\C/C=C\C/C=C\C/C=C\C/C=C\CCCCCC(=O)OC(COC(=O)CCCCCCCCCCCCCCCC/C=C\C/C=C\C/C=C\C/C=C\C/C=C\C/C=C\CC)COC(OCC[N+](C)(C)C)C(=O)[O-]. The van der Waals surface area contributed by atoms with E-state index in [1.807, 2.05) is 21.1 Å². The molecule has 0 heterocycles. The Balaban J connectivity index is 4.25. The van der Waals surface area contributed by atoms with Crippen molar-refractivity contribution >= 4 is 17.9 Å². The van der Waals surface area contributed by atoms with Crippen LogP contribution in [0.2, 0.25) is 0 Å². The molecule has 0 spiro atoms. The van der Waals surface area contributed by atoms with E-state index < -0.39 is 24.3 Å². The third kappa shape index (κ3) is 69.7. The molecule has 0 saturated carbocycles. The van der Waals surface area contributed by atoms with Crippen molar-refractivity contribution in [1.29, 1.82) is 0 Å². The zero-order valence-corrected chi connectivity index (χ0v) is 57.0. The Bertz CT molecular complexity index is 2120. The Morgan fingerprint density at radius 1 is 0.337 bits per heavy atom. The topological polar surface area (TPSA) is 111 Å². The lowest BCUT2D eigenvalue weighted by Gasteiger charge is -2.26. The molecule has 0 aliphatic carbocycles. The smallest absolute Gasteiger partial charge is 0.306 e. The van der Waals surface area contributed by atoms with Gasteiger partial charge >= 0.3 is 11.9 Å².